The Morgan fingerprint density at radius 3 is 2.43 bits per heavy atom. The predicted octanol–water partition coefficient (Wildman–Crippen LogP) is 3.73. The fourth-order valence-corrected chi connectivity index (χ4v) is 2.50. The number of nitrogen functional groups attached to an aromatic ring is 1. The molecule has 2 N–H and O–H groups in total. The summed E-state index contributed by atoms with van der Waals surface area (Å²) in [6, 6.07) is 15.1. The average Bonchev–Trinajstić information content (AvgIpc) is 3.31. The SMILES string of the molecule is Nc1ccccc1CN(C(=O)c1ccc(Cl)cc1)C1CC1. The zero-order valence-corrected chi connectivity index (χ0v) is 12.4. The number of nitrogens with zero attached hydrogens (tertiary/aromatic N) is 1. The summed E-state index contributed by atoms with van der Waals surface area (Å²) in [5.41, 5.74) is 8.38. The third kappa shape index (κ3) is 3.19. The van der Waals surface area contributed by atoms with Gasteiger partial charge in [0.2, 0.25) is 0 Å². The first-order valence-electron chi connectivity index (χ1n) is 7.05. The van der Waals surface area contributed by atoms with Crippen molar-refractivity contribution in [3.05, 3.63) is 64.7 Å². The van der Waals surface area contributed by atoms with Crippen LogP contribution < -0.4 is 5.73 Å². The van der Waals surface area contributed by atoms with Gasteiger partial charge in [0.05, 0.1) is 0 Å². The number of halogens is 1. The maximum absolute atomic E-state index is 12.7. The standard InChI is InChI=1S/C17H17ClN2O/c18-14-7-5-12(6-8-14)17(21)20(15-9-10-15)11-13-3-1-2-4-16(13)19/h1-8,15H,9-11,19H2. The summed E-state index contributed by atoms with van der Waals surface area (Å²) in [6.45, 7) is 0.554. The van der Waals surface area contributed by atoms with Crippen molar-refractivity contribution in [3.8, 4) is 0 Å². The van der Waals surface area contributed by atoms with E-state index in [4.69, 9.17) is 17.3 Å². The van der Waals surface area contributed by atoms with Crippen LogP contribution in [0.4, 0.5) is 5.69 Å². The van der Waals surface area contributed by atoms with Crippen molar-refractivity contribution in [1.82, 2.24) is 4.90 Å². The molecule has 0 aliphatic heterocycles. The first kappa shape index (κ1) is 14.0. The first-order valence-corrected chi connectivity index (χ1v) is 7.43. The van der Waals surface area contributed by atoms with Crippen LogP contribution in [0.15, 0.2) is 48.5 Å². The monoisotopic (exact) mass is 300 g/mol. The van der Waals surface area contributed by atoms with E-state index >= 15 is 0 Å². The Morgan fingerprint density at radius 1 is 1.14 bits per heavy atom. The van der Waals surface area contributed by atoms with Crippen LogP contribution in [-0.2, 0) is 6.54 Å². The lowest BCUT2D eigenvalue weighted by Gasteiger charge is -2.23. The molecule has 1 fully saturated rings. The second-order valence-electron chi connectivity index (χ2n) is 5.37. The van der Waals surface area contributed by atoms with E-state index in [1.165, 1.54) is 0 Å². The van der Waals surface area contributed by atoms with Crippen LogP contribution in [0.1, 0.15) is 28.8 Å². The number of hydrogen-bond donors (Lipinski definition) is 1. The molecule has 0 bridgehead atoms. The fourth-order valence-electron chi connectivity index (χ4n) is 2.37. The molecule has 1 aliphatic carbocycles. The molecule has 2 aromatic rings. The second-order valence-corrected chi connectivity index (χ2v) is 5.81. The van der Waals surface area contributed by atoms with Crippen LogP contribution in [0.3, 0.4) is 0 Å². The molecule has 0 unspecified atom stereocenters. The van der Waals surface area contributed by atoms with Crippen LogP contribution in [0.25, 0.3) is 0 Å². The minimum atomic E-state index is 0.0393. The summed E-state index contributed by atoms with van der Waals surface area (Å²) < 4.78 is 0. The van der Waals surface area contributed by atoms with Gasteiger partial charge in [-0.1, -0.05) is 29.8 Å². The number of carbonyl (C=O) groups is 1. The Morgan fingerprint density at radius 2 is 1.81 bits per heavy atom. The maximum atomic E-state index is 12.7. The molecule has 1 saturated carbocycles. The van der Waals surface area contributed by atoms with Crippen molar-refractivity contribution in [2.24, 2.45) is 0 Å². The Kier molecular flexibility index (Phi) is 3.84. The van der Waals surface area contributed by atoms with Crippen LogP contribution in [0, 0.1) is 0 Å². The van der Waals surface area contributed by atoms with Gasteiger partial charge in [-0.2, -0.15) is 0 Å². The smallest absolute Gasteiger partial charge is 0.254 e. The number of carbonyl (C=O) groups excluding carboxylic acids is 1. The molecular weight excluding hydrogens is 284 g/mol. The summed E-state index contributed by atoms with van der Waals surface area (Å²) in [5, 5.41) is 0.636. The highest BCUT2D eigenvalue weighted by Crippen LogP contribution is 2.31. The van der Waals surface area contributed by atoms with E-state index in [1.807, 2.05) is 29.2 Å². The van der Waals surface area contributed by atoms with Gasteiger partial charge in [0, 0.05) is 28.9 Å². The van der Waals surface area contributed by atoms with Gasteiger partial charge in [0.25, 0.3) is 5.91 Å². The Labute approximate surface area is 129 Å². The Hall–Kier alpha value is -2.00. The summed E-state index contributed by atoms with van der Waals surface area (Å²) in [4.78, 5) is 14.6. The highest BCUT2D eigenvalue weighted by molar-refractivity contribution is 6.30. The van der Waals surface area contributed by atoms with Crippen molar-refractivity contribution >= 4 is 23.2 Å². The largest absolute Gasteiger partial charge is 0.398 e. The van der Waals surface area contributed by atoms with Gasteiger partial charge in [-0.3, -0.25) is 4.79 Å². The van der Waals surface area contributed by atoms with E-state index in [-0.39, 0.29) is 5.91 Å². The van der Waals surface area contributed by atoms with Gasteiger partial charge in [0.15, 0.2) is 0 Å². The van der Waals surface area contributed by atoms with E-state index < -0.39 is 0 Å². The topological polar surface area (TPSA) is 46.3 Å². The van der Waals surface area contributed by atoms with E-state index in [9.17, 15) is 4.79 Å². The minimum Gasteiger partial charge on any atom is -0.398 e. The molecule has 1 amide bonds. The molecule has 0 aromatic heterocycles. The molecule has 108 valence electrons. The molecule has 4 heteroatoms. The maximum Gasteiger partial charge on any atom is 0.254 e. The van der Waals surface area contributed by atoms with Crippen molar-refractivity contribution in [3.63, 3.8) is 0 Å². The molecule has 2 aromatic carbocycles. The van der Waals surface area contributed by atoms with Crippen molar-refractivity contribution in [2.45, 2.75) is 25.4 Å². The number of anilines is 1. The fraction of sp³-hybridized carbons (Fsp3) is 0.235. The Bertz CT molecular complexity index is 650. The lowest BCUT2D eigenvalue weighted by molar-refractivity contribution is 0.0730. The van der Waals surface area contributed by atoms with Crippen LogP contribution >= 0.6 is 11.6 Å². The quantitative estimate of drug-likeness (QED) is 0.875. The summed E-state index contributed by atoms with van der Waals surface area (Å²) in [5.74, 6) is 0.0393. The number of benzene rings is 2. The van der Waals surface area contributed by atoms with Gasteiger partial charge in [0.1, 0.15) is 0 Å². The molecule has 0 saturated heterocycles. The number of para-hydroxylation sites is 1. The van der Waals surface area contributed by atoms with Gasteiger partial charge < -0.3 is 10.6 Å². The summed E-state index contributed by atoms with van der Waals surface area (Å²) in [7, 11) is 0. The lowest BCUT2D eigenvalue weighted by Crippen LogP contribution is -2.32. The molecule has 0 radical (unpaired) electrons. The third-order valence-corrected chi connectivity index (χ3v) is 3.99. The highest BCUT2D eigenvalue weighted by atomic mass is 35.5. The zero-order chi connectivity index (χ0) is 14.8. The second kappa shape index (κ2) is 5.78. The van der Waals surface area contributed by atoms with E-state index in [0.717, 1.165) is 24.1 Å². The molecule has 3 nitrogen and oxygen atoms in total. The number of amides is 1. The van der Waals surface area contributed by atoms with E-state index in [0.29, 0.717) is 23.2 Å². The minimum absolute atomic E-state index is 0.0393. The van der Waals surface area contributed by atoms with Crippen LogP contribution in [-0.4, -0.2) is 16.8 Å². The molecule has 21 heavy (non-hydrogen) atoms. The normalized spacial score (nSPS) is 14.0. The molecule has 1 aliphatic rings. The van der Waals surface area contributed by atoms with Crippen LogP contribution in [0.2, 0.25) is 5.02 Å². The predicted molar refractivity (Wildman–Crippen MR) is 85.2 cm³/mol. The number of hydrogen-bond acceptors (Lipinski definition) is 2. The first-order chi connectivity index (χ1) is 10.1. The zero-order valence-electron chi connectivity index (χ0n) is 11.6. The van der Waals surface area contributed by atoms with Crippen LogP contribution in [0.5, 0.6) is 0 Å². The van der Waals surface area contributed by atoms with Gasteiger partial charge in [-0.25, -0.2) is 0 Å². The third-order valence-electron chi connectivity index (χ3n) is 3.74. The molecule has 3 rings (SSSR count). The van der Waals surface area contributed by atoms with Gasteiger partial charge in [-0.05, 0) is 48.7 Å². The van der Waals surface area contributed by atoms with E-state index in [2.05, 4.69) is 0 Å². The van der Waals surface area contributed by atoms with Crippen molar-refractivity contribution < 1.29 is 4.79 Å². The lowest BCUT2D eigenvalue weighted by atomic mass is 10.1. The molecular formula is C17H17ClN2O. The summed E-state index contributed by atoms with van der Waals surface area (Å²) in [6.07, 6.45) is 2.12. The summed E-state index contributed by atoms with van der Waals surface area (Å²) >= 11 is 5.88. The van der Waals surface area contributed by atoms with Crippen molar-refractivity contribution in [1.29, 1.82) is 0 Å². The average molecular weight is 301 g/mol. The molecule has 0 spiro atoms. The molecule has 0 heterocycles. The van der Waals surface area contributed by atoms with Crippen molar-refractivity contribution in [2.75, 3.05) is 5.73 Å². The Balaban J connectivity index is 1.83. The number of rotatable bonds is 4. The van der Waals surface area contributed by atoms with Gasteiger partial charge in [-0.15, -0.1) is 0 Å². The van der Waals surface area contributed by atoms with Gasteiger partial charge >= 0.3 is 0 Å². The van der Waals surface area contributed by atoms with E-state index in [1.54, 1.807) is 24.3 Å². The molecule has 0 atom stereocenters. The highest BCUT2D eigenvalue weighted by Gasteiger charge is 2.33. The number of nitrogens with two attached hydrogens (primary N) is 1.